The van der Waals surface area contributed by atoms with Crippen LogP contribution in [0.3, 0.4) is 0 Å². The van der Waals surface area contributed by atoms with Gasteiger partial charge < -0.3 is 4.42 Å². The Kier molecular flexibility index (Phi) is 3.18. The van der Waals surface area contributed by atoms with E-state index in [4.69, 9.17) is 15.7 Å². The van der Waals surface area contributed by atoms with Gasteiger partial charge in [-0.05, 0) is 23.0 Å². The van der Waals surface area contributed by atoms with E-state index < -0.39 is 0 Å². The van der Waals surface area contributed by atoms with Crippen LogP contribution in [0.1, 0.15) is 0 Å². The number of fused-ring (bicyclic) bond motifs is 3. The first kappa shape index (κ1) is 12.9. The van der Waals surface area contributed by atoms with Crippen molar-refractivity contribution in [3.8, 4) is 11.1 Å². The lowest BCUT2D eigenvalue weighted by molar-refractivity contribution is 0.670. The normalized spacial score (nSPS) is 11.9. The van der Waals surface area contributed by atoms with Crippen LogP contribution in [-0.2, 0) is 0 Å². The molecule has 0 fully saturated rings. The lowest BCUT2D eigenvalue weighted by Gasteiger charge is -2.04. The predicted octanol–water partition coefficient (Wildman–Crippen LogP) is 5.71. The van der Waals surface area contributed by atoms with Crippen LogP contribution in [0.25, 0.3) is 33.1 Å². The fourth-order valence-corrected chi connectivity index (χ4v) is 3.44. The van der Waals surface area contributed by atoms with Gasteiger partial charge in [-0.15, -0.1) is 0 Å². The molecule has 1 aromatic heterocycles. The second kappa shape index (κ2) is 5.18. The average Bonchev–Trinajstić information content (AvgIpc) is 2.93. The molecule has 0 saturated carbocycles. The maximum Gasteiger partial charge on any atom is 0.143 e. The summed E-state index contributed by atoms with van der Waals surface area (Å²) in [6, 6.07) is 22.8. The third-order valence-electron chi connectivity index (χ3n) is 3.69. The summed E-state index contributed by atoms with van der Waals surface area (Å²) in [5.74, 6) is 0. The highest BCUT2D eigenvalue weighted by Gasteiger charge is 2.11. The Bertz CT molecular complexity index is 942. The van der Waals surface area contributed by atoms with Crippen molar-refractivity contribution < 1.29 is 4.42 Å². The highest BCUT2D eigenvalue weighted by atomic mass is 35.7. The Morgan fingerprint density at radius 1 is 0.810 bits per heavy atom. The molecule has 0 radical (unpaired) electrons. The summed E-state index contributed by atoms with van der Waals surface area (Å²) in [4.78, 5) is 0. The van der Waals surface area contributed by atoms with Gasteiger partial charge in [0.2, 0.25) is 0 Å². The van der Waals surface area contributed by atoms with Crippen LogP contribution in [-0.4, -0.2) is 0 Å². The molecule has 1 heterocycles. The molecule has 102 valence electrons. The first-order chi connectivity index (χ1) is 10.4. The van der Waals surface area contributed by atoms with Crippen LogP contribution in [0.4, 0.5) is 0 Å². The fraction of sp³-hybridized carbons (Fsp3) is 0. The maximum atomic E-state index is 6.08. The monoisotopic (exact) mass is 310 g/mol. The van der Waals surface area contributed by atoms with Crippen LogP contribution in [0.5, 0.6) is 0 Å². The molecule has 21 heavy (non-hydrogen) atoms. The summed E-state index contributed by atoms with van der Waals surface area (Å²) >= 11 is 5.97. The van der Waals surface area contributed by atoms with E-state index in [-0.39, 0.29) is 7.93 Å². The third kappa shape index (κ3) is 2.14. The first-order valence-electron chi connectivity index (χ1n) is 6.74. The van der Waals surface area contributed by atoms with Gasteiger partial charge in [-0.1, -0.05) is 65.8 Å². The molecule has 4 rings (SSSR count). The number of benzene rings is 3. The van der Waals surface area contributed by atoms with Crippen molar-refractivity contribution in [3.63, 3.8) is 0 Å². The summed E-state index contributed by atoms with van der Waals surface area (Å²) in [7, 11) is 0.281. The van der Waals surface area contributed by atoms with Crippen LogP contribution in [0, 0.1) is 0 Å². The minimum Gasteiger partial charge on any atom is -0.455 e. The minimum atomic E-state index is 0.281. The van der Waals surface area contributed by atoms with Gasteiger partial charge in [0.1, 0.15) is 11.2 Å². The number of hydrogen-bond donors (Lipinski definition) is 0. The second-order valence-corrected chi connectivity index (χ2v) is 6.29. The lowest BCUT2D eigenvalue weighted by atomic mass is 10.0. The zero-order valence-corrected chi connectivity index (χ0v) is 12.9. The predicted molar refractivity (Wildman–Crippen MR) is 93.0 cm³/mol. The Hall–Kier alpha value is -1.82. The molecule has 1 nitrogen and oxygen atoms in total. The average molecular weight is 311 g/mol. The molecule has 3 aromatic carbocycles. The summed E-state index contributed by atoms with van der Waals surface area (Å²) in [5.41, 5.74) is 4.12. The first-order valence-corrected chi connectivity index (χ1v) is 8.75. The molecule has 0 bridgehead atoms. The molecule has 0 aliphatic carbocycles. The van der Waals surface area contributed by atoms with Crippen LogP contribution < -0.4 is 5.30 Å². The number of hydrogen-bond acceptors (Lipinski definition) is 1. The Morgan fingerprint density at radius 3 is 2.52 bits per heavy atom. The van der Waals surface area contributed by atoms with Crippen LogP contribution in [0.15, 0.2) is 71.1 Å². The number of rotatable bonds is 2. The van der Waals surface area contributed by atoms with Gasteiger partial charge in [0, 0.05) is 24.3 Å². The molecule has 4 aromatic rings. The largest absolute Gasteiger partial charge is 0.455 e. The quantitative estimate of drug-likeness (QED) is 0.432. The van der Waals surface area contributed by atoms with Gasteiger partial charge in [0.25, 0.3) is 0 Å². The molecule has 0 aliphatic rings. The Balaban J connectivity index is 2.04. The molecule has 0 saturated heterocycles. The lowest BCUT2D eigenvalue weighted by Crippen LogP contribution is -1.91. The SMILES string of the molecule is ClPc1cccc(-c2cccc3c2oc2ccccc23)c1. The molecule has 1 unspecified atom stereocenters. The number of halogens is 1. The number of furan rings is 1. The van der Waals surface area contributed by atoms with Crippen LogP contribution >= 0.6 is 19.2 Å². The van der Waals surface area contributed by atoms with Gasteiger partial charge in [0.05, 0.1) is 0 Å². The molecule has 0 spiro atoms. The highest BCUT2D eigenvalue weighted by molar-refractivity contribution is 7.74. The zero-order valence-electron chi connectivity index (χ0n) is 11.1. The van der Waals surface area contributed by atoms with E-state index in [2.05, 4.69) is 36.4 Å². The molecular weight excluding hydrogens is 299 g/mol. The standard InChI is InChI=1S/C18H12ClOP/c19-21-13-6-3-5-12(11-13)14-8-4-9-16-15-7-1-2-10-17(15)20-18(14)16/h1-11,21H. The molecule has 1 atom stereocenters. The van der Waals surface area contributed by atoms with E-state index in [1.165, 1.54) is 0 Å². The van der Waals surface area contributed by atoms with Crippen LogP contribution in [0.2, 0.25) is 0 Å². The summed E-state index contributed by atoms with van der Waals surface area (Å²) < 4.78 is 6.08. The van der Waals surface area contributed by atoms with E-state index in [1.54, 1.807) is 0 Å². The smallest absolute Gasteiger partial charge is 0.143 e. The minimum absolute atomic E-state index is 0.281. The zero-order chi connectivity index (χ0) is 14.2. The fourth-order valence-electron chi connectivity index (χ4n) is 2.72. The van der Waals surface area contributed by atoms with Gasteiger partial charge in [0.15, 0.2) is 0 Å². The van der Waals surface area contributed by atoms with E-state index in [9.17, 15) is 0 Å². The van der Waals surface area contributed by atoms with Crippen molar-refractivity contribution in [3.05, 3.63) is 66.7 Å². The van der Waals surface area contributed by atoms with E-state index in [0.717, 1.165) is 38.4 Å². The second-order valence-electron chi connectivity index (χ2n) is 4.96. The Labute approximate surface area is 129 Å². The van der Waals surface area contributed by atoms with Gasteiger partial charge in [-0.3, -0.25) is 0 Å². The van der Waals surface area contributed by atoms with Crippen molar-refractivity contribution in [1.82, 2.24) is 0 Å². The van der Waals surface area contributed by atoms with Crippen molar-refractivity contribution >= 4 is 46.4 Å². The molecular formula is C18H12ClOP. The molecule has 3 heteroatoms. The third-order valence-corrected chi connectivity index (χ3v) is 4.87. The summed E-state index contributed by atoms with van der Waals surface area (Å²) in [6.07, 6.45) is 0. The van der Waals surface area contributed by atoms with Crippen molar-refractivity contribution in [1.29, 1.82) is 0 Å². The maximum absolute atomic E-state index is 6.08. The van der Waals surface area contributed by atoms with Gasteiger partial charge >= 0.3 is 0 Å². The highest BCUT2D eigenvalue weighted by Crippen LogP contribution is 2.35. The van der Waals surface area contributed by atoms with Crippen molar-refractivity contribution in [2.75, 3.05) is 0 Å². The van der Waals surface area contributed by atoms with Crippen molar-refractivity contribution in [2.45, 2.75) is 0 Å². The molecule has 0 N–H and O–H groups in total. The van der Waals surface area contributed by atoms with Gasteiger partial charge in [-0.2, -0.15) is 0 Å². The topological polar surface area (TPSA) is 13.1 Å². The summed E-state index contributed by atoms with van der Waals surface area (Å²) in [6.45, 7) is 0. The molecule has 0 amide bonds. The number of para-hydroxylation sites is 2. The summed E-state index contributed by atoms with van der Waals surface area (Å²) in [5, 5.41) is 3.45. The van der Waals surface area contributed by atoms with E-state index in [1.807, 2.05) is 30.3 Å². The van der Waals surface area contributed by atoms with E-state index >= 15 is 0 Å². The van der Waals surface area contributed by atoms with Crippen molar-refractivity contribution in [2.24, 2.45) is 0 Å². The Morgan fingerprint density at radius 2 is 1.62 bits per heavy atom. The molecule has 0 aliphatic heterocycles. The van der Waals surface area contributed by atoms with Gasteiger partial charge in [-0.25, -0.2) is 0 Å². The van der Waals surface area contributed by atoms with E-state index in [0.29, 0.717) is 0 Å².